The van der Waals surface area contributed by atoms with Gasteiger partial charge >= 0.3 is 14.0 Å². The number of hydrogen-bond acceptors (Lipinski definition) is 13. The Morgan fingerprint density at radius 2 is 2.17 bits per heavy atom. The molecule has 0 spiro atoms. The smallest absolute Gasteiger partial charge is 0.476 e. The lowest BCUT2D eigenvalue weighted by atomic mass is 9.96. The molecular formula is C23H24BrFN5O9P. The maximum atomic E-state index is 13.7. The number of ether oxygens (including phenoxy) is 4. The largest absolute Gasteiger partial charge is 0.509 e. The van der Waals surface area contributed by atoms with Crippen molar-refractivity contribution >= 4 is 47.0 Å². The van der Waals surface area contributed by atoms with Crippen molar-refractivity contribution in [2.24, 2.45) is 0 Å². The van der Waals surface area contributed by atoms with E-state index in [1.807, 2.05) is 0 Å². The minimum atomic E-state index is -4.07. The van der Waals surface area contributed by atoms with Crippen molar-refractivity contribution in [1.29, 1.82) is 0 Å². The van der Waals surface area contributed by atoms with Gasteiger partial charge in [-0.05, 0) is 47.5 Å². The van der Waals surface area contributed by atoms with E-state index in [4.69, 9.17) is 38.3 Å². The van der Waals surface area contributed by atoms with Crippen LogP contribution in [0.15, 0.2) is 29.0 Å². The molecule has 6 atom stereocenters. The number of rotatable bonds is 7. The molecule has 2 N–H and O–H groups in total. The predicted octanol–water partition coefficient (Wildman–Crippen LogP) is 4.20. The monoisotopic (exact) mass is 643 g/mol. The van der Waals surface area contributed by atoms with E-state index < -0.39 is 49.9 Å². The Morgan fingerprint density at radius 3 is 2.95 bits per heavy atom. The fourth-order valence-corrected chi connectivity index (χ4v) is 6.75. The van der Waals surface area contributed by atoms with Crippen LogP contribution in [0.2, 0.25) is 0 Å². The van der Waals surface area contributed by atoms with Crippen molar-refractivity contribution in [3.05, 3.63) is 40.4 Å². The lowest BCUT2D eigenvalue weighted by Gasteiger charge is -2.30. The van der Waals surface area contributed by atoms with Gasteiger partial charge in [0.25, 0.3) is 0 Å². The second kappa shape index (κ2) is 10.2. The molecule has 0 amide bonds. The summed E-state index contributed by atoms with van der Waals surface area (Å²) in [6.45, 7) is 3.49. The average molecular weight is 644 g/mol. The van der Waals surface area contributed by atoms with Gasteiger partial charge in [0.2, 0.25) is 11.8 Å². The zero-order valence-electron chi connectivity index (χ0n) is 21.2. The molecule has 0 bridgehead atoms. The third-order valence-corrected chi connectivity index (χ3v) is 8.85. The van der Waals surface area contributed by atoms with Gasteiger partial charge in [0.1, 0.15) is 11.9 Å². The quantitative estimate of drug-likeness (QED) is 0.287. The number of hydrogen-bond donors (Lipinski definition) is 1. The summed E-state index contributed by atoms with van der Waals surface area (Å²) in [7, 11) is -4.07. The first-order valence-electron chi connectivity index (χ1n) is 12.3. The minimum absolute atomic E-state index is 0.0515. The van der Waals surface area contributed by atoms with Crippen LogP contribution >= 0.6 is 23.8 Å². The first-order chi connectivity index (χ1) is 19.1. The number of anilines is 1. The third kappa shape index (κ3) is 4.72. The van der Waals surface area contributed by atoms with Crippen molar-refractivity contribution in [3.8, 4) is 5.88 Å². The second-order valence-corrected chi connectivity index (χ2v) is 11.9. The van der Waals surface area contributed by atoms with Crippen LogP contribution in [-0.2, 0) is 32.3 Å². The number of nitrogen functional groups attached to an aromatic ring is 1. The van der Waals surface area contributed by atoms with E-state index in [1.165, 1.54) is 23.0 Å². The number of carbonyl (C=O) groups excluding carboxylic acids is 1. The van der Waals surface area contributed by atoms with E-state index in [0.29, 0.717) is 24.1 Å². The summed E-state index contributed by atoms with van der Waals surface area (Å²) in [6.07, 6.45) is -2.63. The molecule has 2 aromatic heterocycles. The maximum absolute atomic E-state index is 13.7. The molecule has 0 radical (unpaired) electrons. The highest BCUT2D eigenvalue weighted by atomic mass is 79.9. The van der Waals surface area contributed by atoms with Crippen LogP contribution in [0.5, 0.6) is 5.88 Å². The summed E-state index contributed by atoms with van der Waals surface area (Å²) in [5.74, 6) is -0.298. The van der Waals surface area contributed by atoms with Crippen molar-refractivity contribution in [2.45, 2.75) is 50.4 Å². The van der Waals surface area contributed by atoms with Gasteiger partial charge in [-0.2, -0.15) is 9.97 Å². The average Bonchev–Trinajstić information content (AvgIpc) is 3.53. The van der Waals surface area contributed by atoms with Crippen LogP contribution in [0.25, 0.3) is 11.2 Å². The Kier molecular flexibility index (Phi) is 6.95. The number of imidazole rings is 1. The molecular weight excluding hydrogens is 620 g/mol. The first-order valence-corrected chi connectivity index (χ1v) is 14.6. The van der Waals surface area contributed by atoms with Crippen LogP contribution in [-0.4, -0.2) is 63.3 Å². The van der Waals surface area contributed by atoms with Gasteiger partial charge in [0.15, 0.2) is 29.1 Å². The molecule has 0 unspecified atom stereocenters. The van der Waals surface area contributed by atoms with Gasteiger partial charge in [0, 0.05) is 6.42 Å². The Balaban J connectivity index is 1.24. The molecule has 3 aliphatic heterocycles. The summed E-state index contributed by atoms with van der Waals surface area (Å²) >= 11 is 3.14. The number of phosphoric acid groups is 1. The fourth-order valence-electron chi connectivity index (χ4n) is 4.96. The van der Waals surface area contributed by atoms with Gasteiger partial charge in [-0.1, -0.05) is 6.07 Å². The number of nitrogens with two attached hydrogens (primary N) is 1. The topological polar surface area (TPSA) is 168 Å². The van der Waals surface area contributed by atoms with Crippen LogP contribution in [0, 0.1) is 5.82 Å². The summed E-state index contributed by atoms with van der Waals surface area (Å²) in [4.78, 5) is 24.9. The predicted molar refractivity (Wildman–Crippen MR) is 137 cm³/mol. The van der Waals surface area contributed by atoms with Crippen LogP contribution in [0.4, 0.5) is 15.1 Å². The zero-order valence-corrected chi connectivity index (χ0v) is 23.7. The molecule has 17 heteroatoms. The van der Waals surface area contributed by atoms with Gasteiger partial charge in [-0.25, -0.2) is 18.7 Å². The highest BCUT2D eigenvalue weighted by molar-refractivity contribution is 9.10. The Bertz CT molecular complexity index is 1530. The molecule has 214 valence electrons. The van der Waals surface area contributed by atoms with E-state index >= 15 is 0 Å². The fraction of sp³-hybridized carbons (Fsp3) is 0.478. The molecule has 0 saturated carbocycles. The molecule has 40 heavy (non-hydrogen) atoms. The molecule has 3 aliphatic rings. The van der Waals surface area contributed by atoms with Crippen molar-refractivity contribution < 1.29 is 46.3 Å². The molecule has 3 fully saturated rings. The normalized spacial score (nSPS) is 31.6. The van der Waals surface area contributed by atoms with E-state index in [9.17, 15) is 13.8 Å². The van der Waals surface area contributed by atoms with Crippen molar-refractivity contribution in [3.63, 3.8) is 0 Å². The lowest BCUT2D eigenvalue weighted by Crippen LogP contribution is -2.42. The minimum Gasteiger partial charge on any atom is -0.476 e. The Labute approximate surface area is 234 Å². The lowest BCUT2D eigenvalue weighted by molar-refractivity contribution is -0.0925. The number of nitrogens with zero attached hydrogens (tertiary/aromatic N) is 4. The molecule has 1 aromatic carbocycles. The molecule has 3 aromatic rings. The Hall–Kier alpha value is -2.88. The van der Waals surface area contributed by atoms with Gasteiger partial charge in [-0.15, -0.1) is 0 Å². The number of aromatic nitrogens is 4. The van der Waals surface area contributed by atoms with Gasteiger partial charge < -0.3 is 24.7 Å². The van der Waals surface area contributed by atoms with E-state index in [-0.39, 0.29) is 35.2 Å². The van der Waals surface area contributed by atoms with Crippen LogP contribution in [0.3, 0.4) is 0 Å². The van der Waals surface area contributed by atoms with E-state index in [1.54, 1.807) is 19.9 Å². The van der Waals surface area contributed by atoms with E-state index in [0.717, 1.165) is 0 Å². The molecule has 0 aliphatic carbocycles. The van der Waals surface area contributed by atoms with Gasteiger partial charge in [-0.3, -0.25) is 18.1 Å². The second-order valence-electron chi connectivity index (χ2n) is 9.38. The highest BCUT2D eigenvalue weighted by Crippen LogP contribution is 2.58. The number of fused-ring (bicyclic) bond motifs is 2. The molecule has 14 nitrogen and oxygen atoms in total. The Morgan fingerprint density at radius 1 is 1.35 bits per heavy atom. The number of halogens is 2. The number of carbonyl (C=O) groups is 1. The molecule has 5 heterocycles. The molecule has 6 rings (SSSR count). The summed E-state index contributed by atoms with van der Waals surface area (Å²) in [6, 6.07) is 4.36. The van der Waals surface area contributed by atoms with Crippen molar-refractivity contribution in [1.82, 2.24) is 19.5 Å². The zero-order chi connectivity index (χ0) is 28.2. The SMILES string of the molecule is CCOc1nc(N)nc2c1ncn2[C@@H]1O[C@H](CO[P@@]2(=O)OCC[C@@H](c3ccc(F)c(Br)c3)O2)[C@H]2OC(=O)O[C@]21C. The standard InChI is InChI=1S/C23H24BrFN5O9P/c1-3-33-19-16-18(28-21(26)29-19)30(10-27-16)20-23(2)17(37-22(31)38-23)15(36-20)9-35-40(32)34-7-6-14(39-40)11-4-5-13(25)12(24)8-11/h4-5,8,10,14-15,17,20H,3,6-7,9H2,1-2H3,(H2,26,28,29)/t14-,15+,17+,20+,23+,40+/m0/s1. The van der Waals surface area contributed by atoms with Crippen LogP contribution in [0.1, 0.15) is 38.2 Å². The maximum Gasteiger partial charge on any atom is 0.509 e. The summed E-state index contributed by atoms with van der Waals surface area (Å²) < 4.78 is 68.3. The number of phosphoric ester groups is 1. The van der Waals surface area contributed by atoms with Crippen LogP contribution < -0.4 is 10.5 Å². The first kappa shape index (κ1) is 27.3. The van der Waals surface area contributed by atoms with E-state index in [2.05, 4.69) is 30.9 Å². The number of benzene rings is 1. The van der Waals surface area contributed by atoms with Gasteiger partial charge in [0.05, 0.1) is 36.7 Å². The third-order valence-electron chi connectivity index (χ3n) is 6.76. The summed E-state index contributed by atoms with van der Waals surface area (Å²) in [5.41, 5.74) is 5.77. The summed E-state index contributed by atoms with van der Waals surface area (Å²) in [5, 5.41) is 0. The molecule has 3 saturated heterocycles. The highest BCUT2D eigenvalue weighted by Gasteiger charge is 2.64. The van der Waals surface area contributed by atoms with Crippen molar-refractivity contribution in [2.75, 3.05) is 25.6 Å².